The maximum Gasteiger partial charge on any atom is 0.195 e. The number of imidazole rings is 2. The van der Waals surface area contributed by atoms with Crippen LogP contribution in [0.3, 0.4) is 0 Å². The van der Waals surface area contributed by atoms with Gasteiger partial charge in [-0.05, 0) is 30.0 Å². The van der Waals surface area contributed by atoms with Gasteiger partial charge in [-0.25, -0.2) is 28.4 Å². The number of rotatable bonds is 7. The Labute approximate surface area is 199 Å². The molecule has 0 bridgehead atoms. The number of benzene rings is 1. The summed E-state index contributed by atoms with van der Waals surface area (Å²) in [5, 5.41) is 0.810. The lowest BCUT2D eigenvalue weighted by Gasteiger charge is -2.09. The second kappa shape index (κ2) is 8.88. The second-order valence-corrected chi connectivity index (χ2v) is 10.5. The van der Waals surface area contributed by atoms with Crippen molar-refractivity contribution in [2.45, 2.75) is 22.0 Å². The number of nitrogens with one attached hydrogen (secondary N) is 1. The Balaban J connectivity index is 1.54. The Morgan fingerprint density at radius 2 is 1.94 bits per heavy atom. The topological polar surface area (TPSA) is 129 Å². The first kappa shape index (κ1) is 22.0. The normalized spacial score (nSPS) is 11.7. The van der Waals surface area contributed by atoms with E-state index in [9.17, 15) is 8.42 Å². The molecule has 10 nitrogen and oxygen atoms in total. The lowest BCUT2D eigenvalue weighted by Crippen LogP contribution is -2.05. The summed E-state index contributed by atoms with van der Waals surface area (Å²) in [6.45, 7) is 1.58. The Kier molecular flexibility index (Phi) is 5.75. The van der Waals surface area contributed by atoms with Gasteiger partial charge in [0.05, 0.1) is 23.7 Å². The highest BCUT2D eigenvalue weighted by Crippen LogP contribution is 2.37. The molecule has 0 aliphatic heterocycles. The summed E-state index contributed by atoms with van der Waals surface area (Å²) in [6.07, 6.45) is 9.84. The van der Waals surface area contributed by atoms with Crippen LogP contribution < -0.4 is 4.74 Å². The summed E-state index contributed by atoms with van der Waals surface area (Å²) in [5.41, 5.74) is 2.10. The minimum atomic E-state index is -3.38. The van der Waals surface area contributed by atoms with E-state index in [1.54, 1.807) is 37.8 Å². The molecule has 0 aliphatic carbocycles. The molecule has 4 heterocycles. The summed E-state index contributed by atoms with van der Waals surface area (Å²) < 4.78 is 32.0. The van der Waals surface area contributed by atoms with Crippen LogP contribution in [-0.4, -0.2) is 48.6 Å². The number of ether oxygens (including phenoxy) is 1. The average Bonchev–Trinajstić information content (AvgIpc) is 3.46. The van der Waals surface area contributed by atoms with Crippen molar-refractivity contribution in [3.8, 4) is 23.0 Å². The molecule has 0 saturated carbocycles. The zero-order valence-electron chi connectivity index (χ0n) is 18.2. The van der Waals surface area contributed by atoms with Crippen molar-refractivity contribution < 1.29 is 13.2 Å². The van der Waals surface area contributed by atoms with E-state index in [2.05, 4.69) is 24.9 Å². The minimum Gasteiger partial charge on any atom is -0.456 e. The fraction of sp³-hybridized carbons (Fsp3) is 0.136. The van der Waals surface area contributed by atoms with Crippen LogP contribution in [0.2, 0.25) is 0 Å². The summed E-state index contributed by atoms with van der Waals surface area (Å²) in [5.74, 6) is 1.51. The average molecular weight is 494 g/mol. The zero-order chi connectivity index (χ0) is 23.7. The van der Waals surface area contributed by atoms with Gasteiger partial charge in [-0.15, -0.1) is 0 Å². The maximum atomic E-state index is 12.0. The van der Waals surface area contributed by atoms with Crippen molar-refractivity contribution in [1.29, 1.82) is 0 Å². The molecule has 12 heteroatoms. The highest BCUT2D eigenvalue weighted by molar-refractivity contribution is 7.99. The van der Waals surface area contributed by atoms with Gasteiger partial charge in [0.15, 0.2) is 25.8 Å². The van der Waals surface area contributed by atoms with E-state index in [0.717, 1.165) is 21.1 Å². The van der Waals surface area contributed by atoms with Gasteiger partial charge in [0.2, 0.25) is 0 Å². The number of nitrogens with zero attached hydrogens (tertiary/aromatic N) is 6. The van der Waals surface area contributed by atoms with E-state index in [1.807, 2.05) is 29.9 Å². The minimum absolute atomic E-state index is 0.0153. The summed E-state index contributed by atoms with van der Waals surface area (Å²) in [6, 6.07) is 6.71. The summed E-state index contributed by atoms with van der Waals surface area (Å²) in [4.78, 5) is 25.7. The third kappa shape index (κ3) is 4.37. The highest BCUT2D eigenvalue weighted by Gasteiger charge is 2.17. The molecule has 1 N–H and O–H groups in total. The molecule has 0 aliphatic rings. The van der Waals surface area contributed by atoms with E-state index in [1.165, 1.54) is 24.0 Å². The highest BCUT2D eigenvalue weighted by atomic mass is 32.2. The van der Waals surface area contributed by atoms with Crippen LogP contribution in [-0.2, 0) is 16.9 Å². The van der Waals surface area contributed by atoms with Crippen molar-refractivity contribution in [3.05, 3.63) is 61.4 Å². The molecule has 0 unspecified atom stereocenters. The van der Waals surface area contributed by atoms with Gasteiger partial charge < -0.3 is 14.3 Å². The standard InChI is InChI=1S/C22H19N7O3S2/c1-3-34(30,31)19-5-4-14(12-26-19)32-15-10-16-20(18(11-15)33-22-25-8-9-29(22)2)28-21(27-16)17-13-23-6-7-24-17/h4-13H,3H2,1-2H3,(H,27,28). The molecule has 5 aromatic rings. The first-order valence-corrected chi connectivity index (χ1v) is 12.7. The number of hydrogen-bond donors (Lipinski definition) is 1. The third-order valence-electron chi connectivity index (χ3n) is 4.95. The molecule has 0 fully saturated rings. The van der Waals surface area contributed by atoms with Crippen LogP contribution in [0.1, 0.15) is 6.92 Å². The van der Waals surface area contributed by atoms with Gasteiger partial charge in [0, 0.05) is 42.8 Å². The lowest BCUT2D eigenvalue weighted by atomic mass is 10.3. The van der Waals surface area contributed by atoms with Crippen molar-refractivity contribution in [3.63, 3.8) is 0 Å². The van der Waals surface area contributed by atoms with Crippen LogP contribution in [0.4, 0.5) is 0 Å². The van der Waals surface area contributed by atoms with Gasteiger partial charge in [-0.3, -0.25) is 4.98 Å². The molecule has 0 spiro atoms. The lowest BCUT2D eigenvalue weighted by molar-refractivity contribution is 0.478. The number of sulfone groups is 1. The number of aromatic nitrogens is 7. The largest absolute Gasteiger partial charge is 0.456 e. The number of H-pyrrole nitrogens is 1. The number of aryl methyl sites for hydroxylation is 1. The Hall–Kier alpha value is -3.77. The van der Waals surface area contributed by atoms with Gasteiger partial charge in [-0.2, -0.15) is 0 Å². The predicted octanol–water partition coefficient (Wildman–Crippen LogP) is 3.89. The molecular weight excluding hydrogens is 474 g/mol. The molecular formula is C22H19N7O3S2. The predicted molar refractivity (Wildman–Crippen MR) is 126 cm³/mol. The molecule has 0 radical (unpaired) electrons. The van der Waals surface area contributed by atoms with E-state index in [-0.39, 0.29) is 10.8 Å². The Morgan fingerprint density at radius 3 is 2.62 bits per heavy atom. The van der Waals surface area contributed by atoms with E-state index < -0.39 is 9.84 Å². The molecule has 172 valence electrons. The number of pyridine rings is 1. The molecule has 0 atom stereocenters. The van der Waals surface area contributed by atoms with Gasteiger partial charge in [0.1, 0.15) is 22.7 Å². The smallest absolute Gasteiger partial charge is 0.195 e. The second-order valence-electron chi connectivity index (χ2n) is 7.25. The fourth-order valence-corrected chi connectivity index (χ4v) is 4.91. The first-order chi connectivity index (χ1) is 16.4. The molecule has 34 heavy (non-hydrogen) atoms. The zero-order valence-corrected chi connectivity index (χ0v) is 19.8. The molecule has 0 saturated heterocycles. The quantitative estimate of drug-likeness (QED) is 0.359. The van der Waals surface area contributed by atoms with Gasteiger partial charge in [0.25, 0.3) is 0 Å². The Morgan fingerprint density at radius 1 is 1.06 bits per heavy atom. The maximum absolute atomic E-state index is 12.0. The summed E-state index contributed by atoms with van der Waals surface area (Å²) in [7, 11) is -1.47. The summed E-state index contributed by atoms with van der Waals surface area (Å²) >= 11 is 1.45. The van der Waals surface area contributed by atoms with Crippen LogP contribution in [0.15, 0.2) is 76.5 Å². The fourth-order valence-electron chi connectivity index (χ4n) is 3.18. The van der Waals surface area contributed by atoms with Gasteiger partial charge in [-0.1, -0.05) is 6.92 Å². The molecule has 0 amide bonds. The SMILES string of the molecule is CCS(=O)(=O)c1ccc(Oc2cc(Sc3nccn3C)c3nc(-c4cnccn4)[nH]c3c2)cn1. The van der Waals surface area contributed by atoms with Gasteiger partial charge >= 0.3 is 0 Å². The van der Waals surface area contributed by atoms with Crippen molar-refractivity contribution in [2.24, 2.45) is 7.05 Å². The number of fused-ring (bicyclic) bond motifs is 1. The first-order valence-electron chi connectivity index (χ1n) is 10.2. The number of hydrogen-bond acceptors (Lipinski definition) is 9. The van der Waals surface area contributed by atoms with Crippen molar-refractivity contribution in [2.75, 3.05) is 5.75 Å². The number of aromatic amines is 1. The van der Waals surface area contributed by atoms with Crippen LogP contribution >= 0.6 is 11.8 Å². The Bertz CT molecular complexity index is 1560. The monoisotopic (exact) mass is 493 g/mol. The molecule has 1 aromatic carbocycles. The van der Waals surface area contributed by atoms with E-state index in [0.29, 0.717) is 23.0 Å². The van der Waals surface area contributed by atoms with Crippen LogP contribution in [0, 0.1) is 0 Å². The van der Waals surface area contributed by atoms with Crippen molar-refractivity contribution in [1.82, 2.24) is 34.5 Å². The van der Waals surface area contributed by atoms with Crippen molar-refractivity contribution >= 4 is 32.6 Å². The van der Waals surface area contributed by atoms with E-state index in [4.69, 9.17) is 9.72 Å². The van der Waals surface area contributed by atoms with E-state index >= 15 is 0 Å². The van der Waals surface area contributed by atoms with Crippen LogP contribution in [0.25, 0.3) is 22.6 Å². The molecule has 4 aromatic heterocycles. The third-order valence-corrected chi connectivity index (χ3v) is 7.70. The van der Waals surface area contributed by atoms with Crippen LogP contribution in [0.5, 0.6) is 11.5 Å². The molecule has 5 rings (SSSR count).